The fourth-order valence-corrected chi connectivity index (χ4v) is 3.02. The van der Waals surface area contributed by atoms with Crippen LogP contribution < -0.4 is 4.74 Å². The Morgan fingerprint density at radius 1 is 1.24 bits per heavy atom. The van der Waals surface area contributed by atoms with Crippen molar-refractivity contribution in [1.82, 2.24) is 9.21 Å². The minimum absolute atomic E-state index is 0.0383. The average Bonchev–Trinajstić information content (AvgIpc) is 2.45. The Bertz CT molecular complexity index is 640. The zero-order valence-electron chi connectivity index (χ0n) is 11.9. The number of halogens is 1. The van der Waals surface area contributed by atoms with Gasteiger partial charge in [-0.2, -0.15) is 4.31 Å². The zero-order valence-corrected chi connectivity index (χ0v) is 12.7. The zero-order chi connectivity index (χ0) is 15.6. The van der Waals surface area contributed by atoms with E-state index in [-0.39, 0.29) is 31.7 Å². The first-order valence-electron chi connectivity index (χ1n) is 6.41. The number of benzene rings is 1. The number of hydrogen-bond acceptors (Lipinski definition) is 4. The molecule has 1 saturated heterocycles. The van der Waals surface area contributed by atoms with Crippen molar-refractivity contribution in [2.45, 2.75) is 0 Å². The molecule has 0 spiro atoms. The Morgan fingerprint density at radius 3 is 2.33 bits per heavy atom. The summed E-state index contributed by atoms with van der Waals surface area (Å²) in [5, 5.41) is 0. The molecule has 0 radical (unpaired) electrons. The molecule has 2 rings (SSSR count). The SMILES string of the molecule is COc1ccc(C(=O)N2CCN(S(C)(=O)=O)CC2)c(F)c1. The van der Waals surface area contributed by atoms with Crippen molar-refractivity contribution in [2.24, 2.45) is 0 Å². The van der Waals surface area contributed by atoms with Crippen molar-refractivity contribution in [3.05, 3.63) is 29.6 Å². The van der Waals surface area contributed by atoms with Gasteiger partial charge in [-0.15, -0.1) is 0 Å². The molecular formula is C13H17FN2O4S. The number of nitrogens with zero attached hydrogens (tertiary/aromatic N) is 2. The van der Waals surface area contributed by atoms with Gasteiger partial charge in [0.2, 0.25) is 10.0 Å². The Kier molecular flexibility index (Phi) is 4.48. The van der Waals surface area contributed by atoms with Crippen LogP contribution in [0.15, 0.2) is 18.2 Å². The number of piperazine rings is 1. The van der Waals surface area contributed by atoms with Crippen LogP contribution in [0.4, 0.5) is 4.39 Å². The average molecular weight is 316 g/mol. The van der Waals surface area contributed by atoms with E-state index < -0.39 is 21.7 Å². The maximum Gasteiger partial charge on any atom is 0.256 e. The molecule has 6 nitrogen and oxygen atoms in total. The van der Waals surface area contributed by atoms with Gasteiger partial charge in [0, 0.05) is 32.2 Å². The standard InChI is InChI=1S/C13H17FN2O4S/c1-20-10-3-4-11(12(14)9-10)13(17)15-5-7-16(8-6-15)21(2,18)19/h3-4,9H,5-8H2,1-2H3. The highest BCUT2D eigenvalue weighted by atomic mass is 32.2. The molecule has 116 valence electrons. The van der Waals surface area contributed by atoms with Crippen molar-refractivity contribution in [3.63, 3.8) is 0 Å². The van der Waals surface area contributed by atoms with Gasteiger partial charge in [0.05, 0.1) is 18.9 Å². The van der Waals surface area contributed by atoms with Crippen LogP contribution in [0.2, 0.25) is 0 Å². The van der Waals surface area contributed by atoms with Crippen LogP contribution >= 0.6 is 0 Å². The first-order valence-corrected chi connectivity index (χ1v) is 8.25. The van der Waals surface area contributed by atoms with Gasteiger partial charge in [-0.25, -0.2) is 12.8 Å². The fourth-order valence-electron chi connectivity index (χ4n) is 2.19. The summed E-state index contributed by atoms with van der Waals surface area (Å²) in [4.78, 5) is 13.7. The van der Waals surface area contributed by atoms with Gasteiger partial charge in [0.15, 0.2) is 0 Å². The van der Waals surface area contributed by atoms with Crippen molar-refractivity contribution in [1.29, 1.82) is 0 Å². The van der Waals surface area contributed by atoms with E-state index in [9.17, 15) is 17.6 Å². The van der Waals surface area contributed by atoms with Crippen LogP contribution in [0.5, 0.6) is 5.75 Å². The van der Waals surface area contributed by atoms with Gasteiger partial charge in [-0.3, -0.25) is 4.79 Å². The lowest BCUT2D eigenvalue weighted by atomic mass is 10.1. The molecule has 1 amide bonds. The Balaban J connectivity index is 2.09. The summed E-state index contributed by atoms with van der Waals surface area (Å²) < 4.78 is 42.9. The van der Waals surface area contributed by atoms with E-state index in [1.165, 1.54) is 28.4 Å². The molecule has 0 unspecified atom stereocenters. The molecule has 0 N–H and O–H groups in total. The van der Waals surface area contributed by atoms with E-state index in [4.69, 9.17) is 4.74 Å². The quantitative estimate of drug-likeness (QED) is 0.817. The highest BCUT2D eigenvalue weighted by Gasteiger charge is 2.27. The predicted molar refractivity (Wildman–Crippen MR) is 75.3 cm³/mol. The molecule has 1 aliphatic rings. The molecule has 0 bridgehead atoms. The van der Waals surface area contributed by atoms with Gasteiger partial charge in [0.1, 0.15) is 11.6 Å². The van der Waals surface area contributed by atoms with Gasteiger partial charge >= 0.3 is 0 Å². The normalized spacial score (nSPS) is 16.8. The molecule has 21 heavy (non-hydrogen) atoms. The van der Waals surface area contributed by atoms with Crippen LogP contribution in [0, 0.1) is 5.82 Å². The van der Waals surface area contributed by atoms with Crippen LogP contribution in [-0.4, -0.2) is 63.1 Å². The molecule has 1 aromatic carbocycles. The lowest BCUT2D eigenvalue weighted by Gasteiger charge is -2.33. The summed E-state index contributed by atoms with van der Waals surface area (Å²) in [5.41, 5.74) is -0.0383. The van der Waals surface area contributed by atoms with Crippen LogP contribution in [0.1, 0.15) is 10.4 Å². The maximum atomic E-state index is 13.9. The number of ether oxygens (including phenoxy) is 1. The topological polar surface area (TPSA) is 66.9 Å². The smallest absolute Gasteiger partial charge is 0.256 e. The number of carbonyl (C=O) groups excluding carboxylic acids is 1. The van der Waals surface area contributed by atoms with E-state index in [0.29, 0.717) is 5.75 Å². The first-order chi connectivity index (χ1) is 9.82. The van der Waals surface area contributed by atoms with Crippen LogP contribution in [0.25, 0.3) is 0 Å². The van der Waals surface area contributed by atoms with Crippen LogP contribution in [0.3, 0.4) is 0 Å². The second kappa shape index (κ2) is 5.98. The second-order valence-electron chi connectivity index (χ2n) is 4.80. The highest BCUT2D eigenvalue weighted by molar-refractivity contribution is 7.88. The number of rotatable bonds is 3. The second-order valence-corrected chi connectivity index (χ2v) is 6.78. The third-order valence-electron chi connectivity index (χ3n) is 3.40. The minimum atomic E-state index is -3.25. The summed E-state index contributed by atoms with van der Waals surface area (Å²) >= 11 is 0. The van der Waals surface area contributed by atoms with Crippen LogP contribution in [-0.2, 0) is 10.0 Å². The lowest BCUT2D eigenvalue weighted by Crippen LogP contribution is -2.50. The third kappa shape index (κ3) is 3.51. The van der Waals surface area contributed by atoms with E-state index in [1.54, 1.807) is 0 Å². The summed E-state index contributed by atoms with van der Waals surface area (Å²) in [6.45, 7) is 0.944. The third-order valence-corrected chi connectivity index (χ3v) is 4.70. The number of sulfonamides is 1. The monoisotopic (exact) mass is 316 g/mol. The van der Waals surface area contributed by atoms with E-state index in [2.05, 4.69) is 0 Å². The molecule has 0 saturated carbocycles. The molecule has 0 atom stereocenters. The Morgan fingerprint density at radius 2 is 1.86 bits per heavy atom. The van der Waals surface area contributed by atoms with E-state index in [0.717, 1.165) is 12.3 Å². The molecule has 8 heteroatoms. The van der Waals surface area contributed by atoms with Crippen molar-refractivity contribution < 1.29 is 22.3 Å². The molecule has 0 aromatic heterocycles. The molecule has 1 aromatic rings. The Labute approximate surface area is 123 Å². The number of amides is 1. The number of hydrogen-bond donors (Lipinski definition) is 0. The molecule has 0 aliphatic carbocycles. The molecule has 1 aliphatic heterocycles. The summed E-state index contributed by atoms with van der Waals surface area (Å²) in [5.74, 6) is -0.751. The number of methoxy groups -OCH3 is 1. The molecular weight excluding hydrogens is 299 g/mol. The van der Waals surface area contributed by atoms with Gasteiger partial charge in [0.25, 0.3) is 5.91 Å². The van der Waals surface area contributed by atoms with E-state index >= 15 is 0 Å². The molecule has 1 heterocycles. The van der Waals surface area contributed by atoms with Gasteiger partial charge in [-0.1, -0.05) is 0 Å². The largest absolute Gasteiger partial charge is 0.497 e. The molecule has 1 fully saturated rings. The first kappa shape index (κ1) is 15.7. The van der Waals surface area contributed by atoms with Crippen molar-refractivity contribution in [2.75, 3.05) is 39.5 Å². The van der Waals surface area contributed by atoms with Gasteiger partial charge < -0.3 is 9.64 Å². The van der Waals surface area contributed by atoms with E-state index in [1.807, 2.05) is 0 Å². The minimum Gasteiger partial charge on any atom is -0.497 e. The van der Waals surface area contributed by atoms with Gasteiger partial charge in [-0.05, 0) is 12.1 Å². The lowest BCUT2D eigenvalue weighted by molar-refractivity contribution is 0.0693. The highest BCUT2D eigenvalue weighted by Crippen LogP contribution is 2.18. The number of carbonyl (C=O) groups is 1. The summed E-state index contributed by atoms with van der Waals surface area (Å²) in [7, 11) is -1.83. The maximum absolute atomic E-state index is 13.9. The Hall–Kier alpha value is -1.67. The summed E-state index contributed by atoms with van der Waals surface area (Å²) in [6.07, 6.45) is 1.13. The van der Waals surface area contributed by atoms with Crippen molar-refractivity contribution >= 4 is 15.9 Å². The van der Waals surface area contributed by atoms with Crippen molar-refractivity contribution in [3.8, 4) is 5.75 Å². The fraction of sp³-hybridized carbons (Fsp3) is 0.462. The predicted octanol–water partition coefficient (Wildman–Crippen LogP) is 0.552. The summed E-state index contributed by atoms with van der Waals surface area (Å²) in [6, 6.07) is 4.04.